The van der Waals surface area contributed by atoms with Crippen LogP contribution in [0.3, 0.4) is 0 Å². The first kappa shape index (κ1) is 13.1. The van der Waals surface area contributed by atoms with E-state index < -0.39 is 11.9 Å². The molecule has 0 fully saturated rings. The van der Waals surface area contributed by atoms with Gasteiger partial charge in [-0.25, -0.2) is 0 Å². The molecule has 0 saturated heterocycles. The summed E-state index contributed by atoms with van der Waals surface area (Å²) in [7, 11) is 0. The third-order valence-corrected chi connectivity index (χ3v) is 2.63. The van der Waals surface area contributed by atoms with Crippen molar-refractivity contribution in [2.24, 2.45) is 11.8 Å². The molecule has 14 heavy (non-hydrogen) atoms. The topological polar surface area (TPSA) is 54.4 Å². The smallest absolute Gasteiger partial charge is 0.307 e. The maximum atomic E-state index is 11.2. The van der Waals surface area contributed by atoms with Crippen LogP contribution < -0.4 is 0 Å². The zero-order valence-corrected chi connectivity index (χ0v) is 9.25. The highest BCUT2D eigenvalue weighted by Crippen LogP contribution is 2.23. The van der Waals surface area contributed by atoms with Gasteiger partial charge in [0.15, 0.2) is 0 Å². The van der Waals surface area contributed by atoms with Crippen molar-refractivity contribution in [3.05, 3.63) is 0 Å². The summed E-state index contributed by atoms with van der Waals surface area (Å²) in [6.07, 6.45) is 3.08. The van der Waals surface area contributed by atoms with E-state index in [0.717, 1.165) is 12.8 Å². The minimum absolute atomic E-state index is 0.00370. The van der Waals surface area contributed by atoms with Gasteiger partial charge in [0.25, 0.3) is 0 Å². The Morgan fingerprint density at radius 1 is 1.21 bits per heavy atom. The molecule has 3 nitrogen and oxygen atoms in total. The number of hydrogen-bond acceptors (Lipinski definition) is 2. The Bertz CT molecular complexity index is 199. The number of aliphatic carboxylic acids is 1. The Balaban J connectivity index is 4.44. The summed E-state index contributed by atoms with van der Waals surface area (Å²) in [6, 6.07) is 0. The van der Waals surface area contributed by atoms with Gasteiger partial charge in [-0.2, -0.15) is 0 Å². The molecule has 0 rings (SSSR count). The molecule has 0 spiro atoms. The lowest BCUT2D eigenvalue weighted by Crippen LogP contribution is -2.28. The number of rotatable bonds is 7. The highest BCUT2D eigenvalue weighted by Gasteiger charge is 2.29. The van der Waals surface area contributed by atoms with Crippen molar-refractivity contribution in [1.29, 1.82) is 0 Å². The molecule has 0 aliphatic rings. The second kappa shape index (κ2) is 6.57. The van der Waals surface area contributed by atoms with Crippen LogP contribution >= 0.6 is 0 Å². The number of carboxylic acids is 1. The molecule has 0 heterocycles. The zero-order chi connectivity index (χ0) is 11.1. The van der Waals surface area contributed by atoms with Gasteiger partial charge in [0.1, 0.15) is 5.78 Å². The fourth-order valence-corrected chi connectivity index (χ4v) is 1.78. The fraction of sp³-hybridized carbons (Fsp3) is 0.818. The first-order valence-electron chi connectivity index (χ1n) is 5.27. The largest absolute Gasteiger partial charge is 0.481 e. The number of Topliss-reactive ketones (excluding diaryl/α,β-unsaturated/α-hetero) is 1. The standard InChI is InChI=1S/C11H20O3/c1-4-6-7-10(11(13)14)9(5-2)8(3)12/h9-10H,4-7H2,1-3H3,(H,13,14). The number of carbonyl (C=O) groups is 2. The molecule has 0 amide bonds. The van der Waals surface area contributed by atoms with Gasteiger partial charge in [0.05, 0.1) is 5.92 Å². The van der Waals surface area contributed by atoms with Crippen LogP contribution in [0, 0.1) is 11.8 Å². The summed E-state index contributed by atoms with van der Waals surface area (Å²) < 4.78 is 0. The van der Waals surface area contributed by atoms with Crippen molar-refractivity contribution in [2.45, 2.75) is 46.5 Å². The van der Waals surface area contributed by atoms with Crippen LogP contribution in [0.25, 0.3) is 0 Å². The predicted molar refractivity (Wildman–Crippen MR) is 55.1 cm³/mol. The van der Waals surface area contributed by atoms with Gasteiger partial charge in [-0.15, -0.1) is 0 Å². The molecule has 0 saturated carbocycles. The first-order valence-corrected chi connectivity index (χ1v) is 5.27. The van der Waals surface area contributed by atoms with Crippen molar-refractivity contribution in [1.82, 2.24) is 0 Å². The van der Waals surface area contributed by atoms with Crippen LogP contribution in [0.1, 0.15) is 46.5 Å². The highest BCUT2D eigenvalue weighted by molar-refractivity contribution is 5.84. The van der Waals surface area contributed by atoms with Crippen LogP contribution in [-0.4, -0.2) is 16.9 Å². The number of carbonyl (C=O) groups excluding carboxylic acids is 1. The summed E-state index contributed by atoms with van der Waals surface area (Å²) in [5, 5.41) is 9.00. The molecule has 3 heteroatoms. The molecular formula is C11H20O3. The third-order valence-electron chi connectivity index (χ3n) is 2.63. The van der Waals surface area contributed by atoms with Gasteiger partial charge in [-0.05, 0) is 19.8 Å². The normalized spacial score (nSPS) is 14.8. The Hall–Kier alpha value is -0.860. The summed E-state index contributed by atoms with van der Waals surface area (Å²) in [6.45, 7) is 5.37. The molecule has 1 N–H and O–H groups in total. The van der Waals surface area contributed by atoms with Crippen LogP contribution in [0.5, 0.6) is 0 Å². The summed E-state index contributed by atoms with van der Waals surface area (Å²) in [5.41, 5.74) is 0. The molecule has 0 bridgehead atoms. The van der Waals surface area contributed by atoms with E-state index in [0.29, 0.717) is 12.8 Å². The molecule has 2 unspecified atom stereocenters. The van der Waals surface area contributed by atoms with Crippen molar-refractivity contribution < 1.29 is 14.7 Å². The Morgan fingerprint density at radius 2 is 1.79 bits per heavy atom. The predicted octanol–water partition coefficient (Wildman–Crippen LogP) is 2.49. The molecule has 0 aliphatic heterocycles. The first-order chi connectivity index (χ1) is 6.54. The van der Waals surface area contributed by atoms with Crippen molar-refractivity contribution in [2.75, 3.05) is 0 Å². The highest BCUT2D eigenvalue weighted by atomic mass is 16.4. The quantitative estimate of drug-likeness (QED) is 0.687. The molecule has 0 aromatic carbocycles. The van der Waals surface area contributed by atoms with Crippen LogP contribution in [-0.2, 0) is 9.59 Å². The maximum Gasteiger partial charge on any atom is 0.307 e. The number of ketones is 1. The Morgan fingerprint density at radius 3 is 2.07 bits per heavy atom. The molecule has 0 aromatic heterocycles. The van der Waals surface area contributed by atoms with Crippen molar-refractivity contribution in [3.63, 3.8) is 0 Å². The summed E-state index contributed by atoms with van der Waals surface area (Å²) in [5.74, 6) is -1.63. The molecular weight excluding hydrogens is 180 g/mol. The molecule has 0 aromatic rings. The summed E-state index contributed by atoms with van der Waals surface area (Å²) >= 11 is 0. The monoisotopic (exact) mass is 200 g/mol. The second-order valence-electron chi connectivity index (χ2n) is 3.71. The van der Waals surface area contributed by atoms with Gasteiger partial charge in [0.2, 0.25) is 0 Å². The van der Waals surface area contributed by atoms with Gasteiger partial charge in [-0.1, -0.05) is 26.7 Å². The number of unbranched alkanes of at least 4 members (excludes halogenated alkanes) is 1. The van der Waals surface area contributed by atoms with E-state index in [2.05, 4.69) is 0 Å². The SMILES string of the molecule is CCCCC(C(=O)O)C(CC)C(C)=O. The molecule has 82 valence electrons. The van der Waals surface area contributed by atoms with E-state index in [-0.39, 0.29) is 11.7 Å². The Labute approximate surface area is 85.5 Å². The van der Waals surface area contributed by atoms with Crippen LogP contribution in [0.2, 0.25) is 0 Å². The van der Waals surface area contributed by atoms with Gasteiger partial charge in [-0.3, -0.25) is 9.59 Å². The average Bonchev–Trinajstić information content (AvgIpc) is 2.10. The molecule has 2 atom stereocenters. The van der Waals surface area contributed by atoms with E-state index in [1.807, 2.05) is 13.8 Å². The lowest BCUT2D eigenvalue weighted by atomic mass is 9.83. The Kier molecular flexibility index (Phi) is 6.17. The maximum absolute atomic E-state index is 11.2. The second-order valence-corrected chi connectivity index (χ2v) is 3.71. The minimum atomic E-state index is -0.833. The molecule has 0 radical (unpaired) electrons. The van der Waals surface area contributed by atoms with E-state index in [1.165, 1.54) is 6.92 Å². The third kappa shape index (κ3) is 3.90. The van der Waals surface area contributed by atoms with Gasteiger partial charge in [0, 0.05) is 5.92 Å². The van der Waals surface area contributed by atoms with Crippen LogP contribution in [0.4, 0.5) is 0 Å². The number of carboxylic acid groups (broad SMARTS) is 1. The lowest BCUT2D eigenvalue weighted by molar-refractivity contribution is -0.146. The fourth-order valence-electron chi connectivity index (χ4n) is 1.78. The van der Waals surface area contributed by atoms with E-state index in [1.54, 1.807) is 0 Å². The van der Waals surface area contributed by atoms with E-state index >= 15 is 0 Å². The molecule has 0 aliphatic carbocycles. The van der Waals surface area contributed by atoms with Gasteiger partial charge >= 0.3 is 5.97 Å². The average molecular weight is 200 g/mol. The lowest BCUT2D eigenvalue weighted by Gasteiger charge is -2.19. The van der Waals surface area contributed by atoms with Crippen molar-refractivity contribution in [3.8, 4) is 0 Å². The van der Waals surface area contributed by atoms with E-state index in [9.17, 15) is 9.59 Å². The van der Waals surface area contributed by atoms with Gasteiger partial charge < -0.3 is 5.11 Å². The van der Waals surface area contributed by atoms with Crippen LogP contribution in [0.15, 0.2) is 0 Å². The zero-order valence-electron chi connectivity index (χ0n) is 9.25. The number of hydrogen-bond donors (Lipinski definition) is 1. The minimum Gasteiger partial charge on any atom is -0.481 e. The van der Waals surface area contributed by atoms with E-state index in [4.69, 9.17) is 5.11 Å². The summed E-state index contributed by atoms with van der Waals surface area (Å²) in [4.78, 5) is 22.2. The van der Waals surface area contributed by atoms with Crippen molar-refractivity contribution >= 4 is 11.8 Å².